The third-order valence-corrected chi connectivity index (χ3v) is 3.97. The largest absolute Gasteiger partial charge is 0.330 e. The van der Waals surface area contributed by atoms with Crippen molar-refractivity contribution in [2.45, 2.75) is 38.5 Å². The minimum absolute atomic E-state index is 0.0547. The first-order valence-electron chi connectivity index (χ1n) is 6.62. The van der Waals surface area contributed by atoms with Crippen LogP contribution >= 0.6 is 11.6 Å². The molecule has 1 aliphatic carbocycles. The van der Waals surface area contributed by atoms with Crippen molar-refractivity contribution in [3.05, 3.63) is 17.4 Å². The summed E-state index contributed by atoms with van der Waals surface area (Å²) in [5.74, 6) is 0.162. The summed E-state index contributed by atoms with van der Waals surface area (Å²) in [7, 11) is 0. The molecule has 0 unspecified atom stereocenters. The molecule has 3 N–H and O–H groups in total. The van der Waals surface area contributed by atoms with Crippen LogP contribution in [-0.2, 0) is 4.79 Å². The normalized spacial score (nSPS) is 18.0. The molecule has 104 valence electrons. The zero-order valence-electron chi connectivity index (χ0n) is 10.9. The predicted octanol–water partition coefficient (Wildman–Crippen LogP) is 2.37. The molecule has 0 bridgehead atoms. The summed E-state index contributed by atoms with van der Waals surface area (Å²) >= 11 is 5.75. The summed E-state index contributed by atoms with van der Waals surface area (Å²) in [6.45, 7) is 0.552. The van der Waals surface area contributed by atoms with Crippen LogP contribution < -0.4 is 11.1 Å². The Hall–Kier alpha value is -1.20. The van der Waals surface area contributed by atoms with Gasteiger partial charge in [0, 0.05) is 12.6 Å². The minimum atomic E-state index is -0.0883. The van der Waals surface area contributed by atoms with Crippen molar-refractivity contribution in [3.8, 4) is 0 Å². The van der Waals surface area contributed by atoms with E-state index in [9.17, 15) is 4.79 Å². The summed E-state index contributed by atoms with van der Waals surface area (Å²) in [5.41, 5.74) is 5.82. The van der Waals surface area contributed by atoms with Gasteiger partial charge in [0.2, 0.25) is 11.9 Å². The van der Waals surface area contributed by atoms with E-state index in [2.05, 4.69) is 15.3 Å². The zero-order valence-corrected chi connectivity index (χ0v) is 11.6. The Balaban J connectivity index is 1.96. The molecule has 19 heavy (non-hydrogen) atoms. The lowest BCUT2D eigenvalue weighted by molar-refractivity contribution is -0.118. The molecule has 0 atom stereocenters. The molecule has 0 aromatic carbocycles. The van der Waals surface area contributed by atoms with Crippen molar-refractivity contribution in [1.82, 2.24) is 9.97 Å². The van der Waals surface area contributed by atoms with Crippen molar-refractivity contribution in [2.24, 2.45) is 11.1 Å². The summed E-state index contributed by atoms with van der Waals surface area (Å²) in [5, 5.41) is 3.00. The Morgan fingerprint density at radius 3 is 2.79 bits per heavy atom. The van der Waals surface area contributed by atoms with Crippen LogP contribution in [0.3, 0.4) is 0 Å². The van der Waals surface area contributed by atoms with Gasteiger partial charge in [0.05, 0.1) is 0 Å². The van der Waals surface area contributed by atoms with Gasteiger partial charge in [-0.1, -0.05) is 30.9 Å². The number of anilines is 1. The molecule has 1 aromatic rings. The number of nitrogens with two attached hydrogens (primary N) is 1. The van der Waals surface area contributed by atoms with Crippen molar-refractivity contribution in [3.63, 3.8) is 0 Å². The summed E-state index contributed by atoms with van der Waals surface area (Å²) in [6.07, 6.45) is 7.53. The number of nitrogens with zero attached hydrogens (tertiary/aromatic N) is 2. The molecule has 1 amide bonds. The van der Waals surface area contributed by atoms with E-state index >= 15 is 0 Å². The molecule has 1 aromatic heterocycles. The number of carbonyl (C=O) groups excluding carboxylic acids is 1. The Bertz CT molecular complexity index is 446. The van der Waals surface area contributed by atoms with E-state index in [1.807, 2.05) is 0 Å². The first-order valence-corrected chi connectivity index (χ1v) is 7.00. The molecular formula is C13H19ClN4O. The van der Waals surface area contributed by atoms with Crippen LogP contribution in [0.25, 0.3) is 0 Å². The fourth-order valence-electron chi connectivity index (χ4n) is 2.66. The van der Waals surface area contributed by atoms with E-state index in [0.717, 1.165) is 25.7 Å². The molecule has 6 heteroatoms. The molecule has 1 saturated carbocycles. The van der Waals surface area contributed by atoms with E-state index in [-0.39, 0.29) is 17.3 Å². The fourth-order valence-corrected chi connectivity index (χ4v) is 2.80. The Labute approximate surface area is 118 Å². The Morgan fingerprint density at radius 1 is 1.42 bits per heavy atom. The van der Waals surface area contributed by atoms with Crippen LogP contribution in [0, 0.1) is 5.41 Å². The van der Waals surface area contributed by atoms with Crippen molar-refractivity contribution in [2.75, 3.05) is 11.9 Å². The number of nitrogens with one attached hydrogen (secondary N) is 1. The highest BCUT2D eigenvalue weighted by molar-refractivity contribution is 6.29. The van der Waals surface area contributed by atoms with Crippen molar-refractivity contribution >= 4 is 23.5 Å². The summed E-state index contributed by atoms with van der Waals surface area (Å²) in [4.78, 5) is 20.0. The molecule has 1 fully saturated rings. The van der Waals surface area contributed by atoms with Crippen LogP contribution in [0.5, 0.6) is 0 Å². The Morgan fingerprint density at radius 2 is 2.16 bits per heavy atom. The van der Waals surface area contributed by atoms with Gasteiger partial charge in [0.1, 0.15) is 5.15 Å². The zero-order chi connectivity index (χ0) is 13.7. The molecule has 1 aliphatic rings. The standard InChI is InChI=1S/C13H19ClN4O/c14-10-4-7-16-12(17-10)18-11(19)8-13(9-15)5-2-1-3-6-13/h4,7H,1-3,5-6,8-9,15H2,(H,16,17,18,19). The molecule has 0 spiro atoms. The van der Waals surface area contributed by atoms with Gasteiger partial charge in [-0.2, -0.15) is 0 Å². The van der Waals surface area contributed by atoms with Gasteiger partial charge in [-0.25, -0.2) is 9.97 Å². The summed E-state index contributed by atoms with van der Waals surface area (Å²) in [6, 6.07) is 1.57. The van der Waals surface area contributed by atoms with E-state index in [4.69, 9.17) is 17.3 Å². The highest BCUT2D eigenvalue weighted by atomic mass is 35.5. The molecule has 0 saturated heterocycles. The van der Waals surface area contributed by atoms with Gasteiger partial charge >= 0.3 is 0 Å². The van der Waals surface area contributed by atoms with Crippen LogP contribution in [0.2, 0.25) is 5.15 Å². The lowest BCUT2D eigenvalue weighted by atomic mass is 9.72. The Kier molecular flexibility index (Phi) is 4.71. The van der Waals surface area contributed by atoms with Gasteiger partial charge in [-0.05, 0) is 30.9 Å². The SMILES string of the molecule is NCC1(CC(=O)Nc2nccc(Cl)n2)CCCCC1. The molecular weight excluding hydrogens is 264 g/mol. The molecule has 0 radical (unpaired) electrons. The number of amides is 1. The molecule has 5 nitrogen and oxygen atoms in total. The maximum absolute atomic E-state index is 12.1. The second kappa shape index (κ2) is 6.30. The number of halogens is 1. The number of hydrogen-bond donors (Lipinski definition) is 2. The average Bonchev–Trinajstić information content (AvgIpc) is 2.39. The fraction of sp³-hybridized carbons (Fsp3) is 0.615. The van der Waals surface area contributed by atoms with Crippen LogP contribution in [0.1, 0.15) is 38.5 Å². The molecule has 2 rings (SSSR count). The van der Waals surface area contributed by atoms with Gasteiger partial charge in [0.25, 0.3) is 0 Å². The highest BCUT2D eigenvalue weighted by Crippen LogP contribution is 2.38. The predicted molar refractivity (Wildman–Crippen MR) is 74.9 cm³/mol. The van der Waals surface area contributed by atoms with E-state index in [1.165, 1.54) is 12.6 Å². The number of rotatable bonds is 4. The van der Waals surface area contributed by atoms with Gasteiger partial charge < -0.3 is 5.73 Å². The third-order valence-electron chi connectivity index (χ3n) is 3.76. The topological polar surface area (TPSA) is 80.9 Å². The number of aromatic nitrogens is 2. The smallest absolute Gasteiger partial charge is 0.230 e. The lowest BCUT2D eigenvalue weighted by Crippen LogP contribution is -2.36. The van der Waals surface area contributed by atoms with Gasteiger partial charge in [-0.15, -0.1) is 0 Å². The van der Waals surface area contributed by atoms with E-state index in [1.54, 1.807) is 6.07 Å². The lowest BCUT2D eigenvalue weighted by Gasteiger charge is -2.35. The number of carbonyl (C=O) groups is 1. The van der Waals surface area contributed by atoms with Crippen LogP contribution in [0.15, 0.2) is 12.3 Å². The average molecular weight is 283 g/mol. The van der Waals surface area contributed by atoms with Crippen molar-refractivity contribution < 1.29 is 4.79 Å². The van der Waals surface area contributed by atoms with E-state index < -0.39 is 0 Å². The maximum atomic E-state index is 12.1. The van der Waals surface area contributed by atoms with Gasteiger partial charge in [0.15, 0.2) is 0 Å². The molecule has 1 heterocycles. The minimum Gasteiger partial charge on any atom is -0.330 e. The van der Waals surface area contributed by atoms with Crippen LogP contribution in [-0.4, -0.2) is 22.4 Å². The first kappa shape index (κ1) is 14.2. The summed E-state index contributed by atoms with van der Waals surface area (Å²) < 4.78 is 0. The number of hydrogen-bond acceptors (Lipinski definition) is 4. The van der Waals surface area contributed by atoms with Gasteiger partial charge in [-0.3, -0.25) is 10.1 Å². The quantitative estimate of drug-likeness (QED) is 0.831. The monoisotopic (exact) mass is 282 g/mol. The van der Waals surface area contributed by atoms with Crippen LogP contribution in [0.4, 0.5) is 5.95 Å². The molecule has 0 aliphatic heterocycles. The van der Waals surface area contributed by atoms with E-state index in [0.29, 0.717) is 18.1 Å². The third kappa shape index (κ3) is 3.88. The maximum Gasteiger partial charge on any atom is 0.230 e. The van der Waals surface area contributed by atoms with Crippen molar-refractivity contribution in [1.29, 1.82) is 0 Å². The first-order chi connectivity index (χ1) is 9.13. The second-order valence-electron chi connectivity index (χ2n) is 5.19. The second-order valence-corrected chi connectivity index (χ2v) is 5.58. The highest BCUT2D eigenvalue weighted by Gasteiger charge is 2.33.